The highest BCUT2D eigenvalue weighted by atomic mass is 32.2. The predicted molar refractivity (Wildman–Crippen MR) is 108 cm³/mol. The van der Waals surface area contributed by atoms with Crippen molar-refractivity contribution in [3.8, 4) is 5.75 Å². The van der Waals surface area contributed by atoms with Gasteiger partial charge >= 0.3 is 5.97 Å². The molecule has 0 aliphatic carbocycles. The summed E-state index contributed by atoms with van der Waals surface area (Å²) in [5.41, 5.74) is 6.69. The number of aliphatic carboxylic acids is 1. The molecule has 0 aromatic heterocycles. The number of amides is 2. The molecule has 6 N–H and O–H groups in total. The van der Waals surface area contributed by atoms with Gasteiger partial charge in [0.25, 0.3) is 0 Å². The lowest BCUT2D eigenvalue weighted by atomic mass is 10.1. The predicted octanol–water partition coefficient (Wildman–Crippen LogP) is -0.000900. The molecule has 1 aromatic carbocycles. The lowest BCUT2D eigenvalue weighted by Gasteiger charge is -2.22. The fourth-order valence-corrected chi connectivity index (χ4v) is 2.94. The monoisotopic (exact) mass is 415 g/mol. The number of benzene rings is 1. The fraction of sp³-hybridized carbons (Fsp3) is 0.471. The smallest absolute Gasteiger partial charge is 0.327 e. The number of thioether (sulfide) groups is 1. The van der Waals surface area contributed by atoms with E-state index in [1.165, 1.54) is 23.9 Å². The Kier molecular flexibility index (Phi) is 10.0. The Morgan fingerprint density at radius 3 is 2.26 bits per heavy atom. The van der Waals surface area contributed by atoms with Crippen LogP contribution in [-0.4, -0.2) is 63.9 Å². The van der Waals surface area contributed by atoms with Crippen LogP contribution in [0.2, 0.25) is 0 Å². The second-order valence-corrected chi connectivity index (χ2v) is 7.25. The summed E-state index contributed by atoms with van der Waals surface area (Å²) in [6, 6.07) is 3.39. The number of hydrogen-bond acceptors (Lipinski definition) is 7. The summed E-state index contributed by atoms with van der Waals surface area (Å²) in [6.07, 6.45) is 2.43. The molecular formula is C17H25N3O5S2. The molecule has 0 saturated carbocycles. The molecule has 2 amide bonds. The maximum atomic E-state index is 12.4. The molecule has 0 aliphatic heterocycles. The molecule has 0 saturated heterocycles. The maximum absolute atomic E-state index is 12.4. The summed E-state index contributed by atoms with van der Waals surface area (Å²) < 4.78 is 0. The van der Waals surface area contributed by atoms with Gasteiger partial charge in [-0.25, -0.2) is 4.79 Å². The summed E-state index contributed by atoms with van der Waals surface area (Å²) >= 11 is 5.41. The zero-order valence-electron chi connectivity index (χ0n) is 14.9. The standard InChI is InChI=1S/C17H25N3O5S2/c1-27-7-6-13(16(23)20-14(9-26)17(24)25)19-15(22)12(18)8-10-2-4-11(21)5-3-10/h2-5,12-14,21,26H,6-9,18H2,1H3,(H,19,22)(H,20,23)(H,24,25). The van der Waals surface area contributed by atoms with E-state index in [9.17, 15) is 19.5 Å². The van der Waals surface area contributed by atoms with Crippen molar-refractivity contribution in [3.63, 3.8) is 0 Å². The number of hydrogen-bond donors (Lipinski definition) is 6. The zero-order chi connectivity index (χ0) is 20.4. The van der Waals surface area contributed by atoms with Crippen LogP contribution in [0.3, 0.4) is 0 Å². The third-order valence-corrected chi connectivity index (χ3v) is 4.78. The van der Waals surface area contributed by atoms with E-state index >= 15 is 0 Å². The number of carboxylic acids is 1. The Hall–Kier alpha value is -1.91. The van der Waals surface area contributed by atoms with Gasteiger partial charge in [-0.05, 0) is 42.5 Å². The zero-order valence-corrected chi connectivity index (χ0v) is 16.6. The van der Waals surface area contributed by atoms with Crippen LogP contribution >= 0.6 is 24.4 Å². The molecule has 8 nitrogen and oxygen atoms in total. The number of carboxylic acid groups (broad SMARTS) is 1. The van der Waals surface area contributed by atoms with Crippen LogP contribution in [0.25, 0.3) is 0 Å². The van der Waals surface area contributed by atoms with Crippen molar-refractivity contribution in [3.05, 3.63) is 29.8 Å². The number of phenols is 1. The van der Waals surface area contributed by atoms with Gasteiger partial charge in [0, 0.05) is 5.75 Å². The lowest BCUT2D eigenvalue weighted by molar-refractivity contribution is -0.141. The number of carbonyl (C=O) groups is 3. The molecule has 0 spiro atoms. The van der Waals surface area contributed by atoms with Crippen molar-refractivity contribution in [2.75, 3.05) is 17.8 Å². The van der Waals surface area contributed by atoms with Crippen molar-refractivity contribution in [1.82, 2.24) is 10.6 Å². The van der Waals surface area contributed by atoms with E-state index in [0.717, 1.165) is 5.56 Å². The van der Waals surface area contributed by atoms with Crippen LogP contribution in [0.5, 0.6) is 5.75 Å². The first-order valence-corrected chi connectivity index (χ1v) is 10.3. The van der Waals surface area contributed by atoms with Crippen molar-refractivity contribution in [1.29, 1.82) is 0 Å². The number of nitrogens with one attached hydrogen (secondary N) is 2. The Morgan fingerprint density at radius 1 is 1.15 bits per heavy atom. The second kappa shape index (κ2) is 11.7. The number of thiol groups is 1. The van der Waals surface area contributed by atoms with Gasteiger partial charge in [-0.3, -0.25) is 9.59 Å². The van der Waals surface area contributed by atoms with Crippen LogP contribution in [0.4, 0.5) is 0 Å². The van der Waals surface area contributed by atoms with Crippen LogP contribution in [-0.2, 0) is 20.8 Å². The average molecular weight is 416 g/mol. The summed E-state index contributed by atoms with van der Waals surface area (Å²) in [7, 11) is 0. The van der Waals surface area contributed by atoms with Gasteiger partial charge in [-0.2, -0.15) is 24.4 Å². The molecule has 0 fully saturated rings. The minimum absolute atomic E-state index is 0.0648. The van der Waals surface area contributed by atoms with Gasteiger partial charge in [0.15, 0.2) is 0 Å². The van der Waals surface area contributed by atoms with Crippen LogP contribution in [0.1, 0.15) is 12.0 Å². The summed E-state index contributed by atoms with van der Waals surface area (Å²) in [6.45, 7) is 0. The quantitative estimate of drug-likeness (QED) is 0.279. The third-order valence-electron chi connectivity index (χ3n) is 3.77. The maximum Gasteiger partial charge on any atom is 0.327 e. The van der Waals surface area contributed by atoms with Gasteiger partial charge < -0.3 is 26.6 Å². The molecule has 1 aromatic rings. The van der Waals surface area contributed by atoms with Crippen LogP contribution in [0.15, 0.2) is 24.3 Å². The van der Waals surface area contributed by atoms with E-state index < -0.39 is 35.9 Å². The first kappa shape index (κ1) is 23.1. The number of aromatic hydroxyl groups is 1. The van der Waals surface area contributed by atoms with E-state index in [2.05, 4.69) is 23.3 Å². The average Bonchev–Trinajstić information content (AvgIpc) is 2.64. The highest BCUT2D eigenvalue weighted by molar-refractivity contribution is 7.98. The number of nitrogens with two attached hydrogens (primary N) is 1. The molecule has 0 bridgehead atoms. The molecule has 150 valence electrons. The van der Waals surface area contributed by atoms with E-state index in [-0.39, 0.29) is 17.9 Å². The second-order valence-electron chi connectivity index (χ2n) is 5.90. The van der Waals surface area contributed by atoms with Crippen molar-refractivity contribution in [2.24, 2.45) is 5.73 Å². The number of carbonyl (C=O) groups excluding carboxylic acids is 2. The number of rotatable bonds is 11. The summed E-state index contributed by atoms with van der Waals surface area (Å²) in [5.74, 6) is -1.65. The van der Waals surface area contributed by atoms with Gasteiger partial charge in [0.2, 0.25) is 11.8 Å². The molecule has 0 radical (unpaired) electrons. The fourth-order valence-electron chi connectivity index (χ4n) is 2.22. The van der Waals surface area contributed by atoms with Gasteiger partial charge in [-0.1, -0.05) is 12.1 Å². The molecule has 3 atom stereocenters. The van der Waals surface area contributed by atoms with E-state index in [0.29, 0.717) is 12.2 Å². The van der Waals surface area contributed by atoms with Crippen molar-refractivity contribution in [2.45, 2.75) is 31.0 Å². The SMILES string of the molecule is CSCCC(NC(=O)C(N)Cc1ccc(O)cc1)C(=O)NC(CS)C(=O)O. The highest BCUT2D eigenvalue weighted by Crippen LogP contribution is 2.11. The molecular weight excluding hydrogens is 390 g/mol. The van der Waals surface area contributed by atoms with Crippen molar-refractivity contribution >= 4 is 42.2 Å². The molecule has 27 heavy (non-hydrogen) atoms. The molecule has 1 rings (SSSR count). The third kappa shape index (κ3) is 8.10. The number of phenolic OH excluding ortho intramolecular Hbond substituents is 1. The molecule has 3 unspecified atom stereocenters. The minimum atomic E-state index is -1.20. The summed E-state index contributed by atoms with van der Waals surface area (Å²) in [5, 5.41) is 23.3. The molecule has 0 aliphatic rings. The Bertz CT molecular complexity index is 642. The largest absolute Gasteiger partial charge is 0.508 e. The highest BCUT2D eigenvalue weighted by Gasteiger charge is 2.27. The van der Waals surface area contributed by atoms with Gasteiger partial charge in [0.1, 0.15) is 17.8 Å². The molecule has 10 heteroatoms. The van der Waals surface area contributed by atoms with Crippen LogP contribution < -0.4 is 16.4 Å². The Balaban J connectivity index is 2.72. The van der Waals surface area contributed by atoms with Crippen LogP contribution in [0, 0.1) is 0 Å². The summed E-state index contributed by atoms with van der Waals surface area (Å²) in [4.78, 5) is 35.8. The van der Waals surface area contributed by atoms with Gasteiger partial charge in [-0.15, -0.1) is 0 Å². The first-order chi connectivity index (χ1) is 12.8. The van der Waals surface area contributed by atoms with Gasteiger partial charge in [0.05, 0.1) is 6.04 Å². The lowest BCUT2D eigenvalue weighted by Crippen LogP contribution is -2.55. The van der Waals surface area contributed by atoms with E-state index in [1.54, 1.807) is 12.1 Å². The van der Waals surface area contributed by atoms with E-state index in [1.807, 2.05) is 6.26 Å². The topological polar surface area (TPSA) is 142 Å². The van der Waals surface area contributed by atoms with Crippen molar-refractivity contribution < 1.29 is 24.6 Å². The Labute approximate surface area is 167 Å². The van der Waals surface area contributed by atoms with E-state index in [4.69, 9.17) is 10.8 Å². The Morgan fingerprint density at radius 2 is 1.74 bits per heavy atom. The normalized spacial score (nSPS) is 14.0. The minimum Gasteiger partial charge on any atom is -0.508 e. The first-order valence-electron chi connectivity index (χ1n) is 8.25. The molecule has 0 heterocycles.